The zero-order valence-electron chi connectivity index (χ0n) is 14.6. The Morgan fingerprint density at radius 2 is 1.92 bits per heavy atom. The molecule has 0 radical (unpaired) electrons. The Bertz CT molecular complexity index is 1050. The van der Waals surface area contributed by atoms with Crippen LogP contribution in [0.25, 0.3) is 11.9 Å². The molecule has 0 unspecified atom stereocenters. The van der Waals surface area contributed by atoms with E-state index in [1.54, 1.807) is 6.92 Å². The van der Waals surface area contributed by atoms with E-state index in [2.05, 4.69) is 5.16 Å². The number of hydrogen-bond acceptors (Lipinski definition) is 4. The van der Waals surface area contributed by atoms with Gasteiger partial charge in [0.2, 0.25) is 5.78 Å². The summed E-state index contributed by atoms with van der Waals surface area (Å²) < 4.78 is 20.0. The van der Waals surface area contributed by atoms with Crippen LogP contribution in [0.2, 0.25) is 0 Å². The number of halogens is 1. The van der Waals surface area contributed by atoms with Crippen molar-refractivity contribution in [1.29, 1.82) is 5.26 Å². The highest BCUT2D eigenvalue weighted by Gasteiger charge is 2.16. The standard InChI is InChI=1S/C20H16FN3O2/c1-12-8-16(14(3)24(12)19-9-13(2)26-23-19)10-17(11-22)20(25)15-4-6-18(21)7-5-15/h4-10H,1-3H3/b17-10+. The van der Waals surface area contributed by atoms with Crippen LogP contribution in [0.3, 0.4) is 0 Å². The highest BCUT2D eigenvalue weighted by atomic mass is 19.1. The normalized spacial score (nSPS) is 11.4. The molecule has 5 nitrogen and oxygen atoms in total. The molecule has 2 heterocycles. The molecule has 130 valence electrons. The molecule has 26 heavy (non-hydrogen) atoms. The van der Waals surface area contributed by atoms with Gasteiger partial charge in [-0.1, -0.05) is 5.16 Å². The molecule has 0 atom stereocenters. The second kappa shape index (κ2) is 6.81. The number of carbonyl (C=O) groups excluding carboxylic acids is 1. The number of ketones is 1. The summed E-state index contributed by atoms with van der Waals surface area (Å²) in [7, 11) is 0. The fourth-order valence-electron chi connectivity index (χ4n) is 2.81. The molecule has 6 heteroatoms. The lowest BCUT2D eigenvalue weighted by Crippen LogP contribution is -2.02. The molecule has 0 aliphatic carbocycles. The zero-order chi connectivity index (χ0) is 18.8. The molecule has 0 aliphatic rings. The van der Waals surface area contributed by atoms with Crippen LogP contribution >= 0.6 is 0 Å². The van der Waals surface area contributed by atoms with Crippen LogP contribution in [-0.2, 0) is 0 Å². The number of rotatable bonds is 4. The third kappa shape index (κ3) is 3.20. The van der Waals surface area contributed by atoms with Crippen molar-refractivity contribution in [1.82, 2.24) is 9.72 Å². The summed E-state index contributed by atoms with van der Waals surface area (Å²) in [6.07, 6.45) is 1.54. The minimum Gasteiger partial charge on any atom is -0.360 e. The van der Waals surface area contributed by atoms with Gasteiger partial charge in [0.15, 0.2) is 5.82 Å². The van der Waals surface area contributed by atoms with Crippen LogP contribution in [0, 0.1) is 37.9 Å². The highest BCUT2D eigenvalue weighted by molar-refractivity contribution is 6.14. The van der Waals surface area contributed by atoms with Gasteiger partial charge in [-0.25, -0.2) is 4.39 Å². The Labute approximate surface area is 150 Å². The molecule has 0 aliphatic heterocycles. The third-order valence-corrected chi connectivity index (χ3v) is 4.09. The van der Waals surface area contributed by atoms with Crippen molar-refractivity contribution in [2.75, 3.05) is 0 Å². The van der Waals surface area contributed by atoms with Gasteiger partial charge in [-0.2, -0.15) is 5.26 Å². The average molecular weight is 349 g/mol. The summed E-state index contributed by atoms with van der Waals surface area (Å²) in [5.41, 5.74) is 2.70. The smallest absolute Gasteiger partial charge is 0.203 e. The summed E-state index contributed by atoms with van der Waals surface area (Å²) in [6.45, 7) is 5.59. The Morgan fingerprint density at radius 3 is 2.50 bits per heavy atom. The number of Topliss-reactive ketones (excluding diaryl/α,β-unsaturated/α-hetero) is 1. The van der Waals surface area contributed by atoms with Crippen molar-refractivity contribution >= 4 is 11.9 Å². The van der Waals surface area contributed by atoms with E-state index in [-0.39, 0.29) is 11.1 Å². The van der Waals surface area contributed by atoms with Crippen LogP contribution in [0.1, 0.15) is 33.1 Å². The highest BCUT2D eigenvalue weighted by Crippen LogP contribution is 2.23. The monoisotopic (exact) mass is 349 g/mol. The van der Waals surface area contributed by atoms with Crippen molar-refractivity contribution in [3.05, 3.63) is 76.1 Å². The second-order valence-electron chi connectivity index (χ2n) is 5.96. The first-order valence-corrected chi connectivity index (χ1v) is 7.95. The number of nitrogens with zero attached hydrogens (tertiary/aromatic N) is 3. The van der Waals surface area contributed by atoms with E-state index in [0.717, 1.165) is 17.0 Å². The van der Waals surface area contributed by atoms with E-state index in [1.807, 2.05) is 36.6 Å². The number of nitriles is 1. The summed E-state index contributed by atoms with van der Waals surface area (Å²) in [4.78, 5) is 12.5. The van der Waals surface area contributed by atoms with Gasteiger partial charge >= 0.3 is 0 Å². The van der Waals surface area contributed by atoms with Crippen LogP contribution in [0.15, 0.2) is 46.5 Å². The topological polar surface area (TPSA) is 71.8 Å². The second-order valence-corrected chi connectivity index (χ2v) is 5.96. The van der Waals surface area contributed by atoms with Gasteiger partial charge in [0.25, 0.3) is 0 Å². The van der Waals surface area contributed by atoms with E-state index in [0.29, 0.717) is 11.6 Å². The van der Waals surface area contributed by atoms with Crippen molar-refractivity contribution in [2.45, 2.75) is 20.8 Å². The minimum absolute atomic E-state index is 0.0202. The molecule has 1 aromatic carbocycles. The molecular weight excluding hydrogens is 333 g/mol. The van der Waals surface area contributed by atoms with E-state index in [1.165, 1.54) is 30.3 Å². The molecule has 0 saturated heterocycles. The van der Waals surface area contributed by atoms with Gasteiger partial charge in [-0.05, 0) is 62.7 Å². The summed E-state index contributed by atoms with van der Waals surface area (Å²) in [5.74, 6) is 0.444. The molecule has 0 fully saturated rings. The molecule has 3 rings (SSSR count). The quantitative estimate of drug-likeness (QED) is 0.399. The maximum Gasteiger partial charge on any atom is 0.203 e. The number of aryl methyl sites for hydroxylation is 2. The average Bonchev–Trinajstić information content (AvgIpc) is 3.15. The molecule has 3 aromatic rings. The van der Waals surface area contributed by atoms with Crippen molar-refractivity contribution in [3.63, 3.8) is 0 Å². The Balaban J connectivity index is 2.01. The predicted molar refractivity (Wildman–Crippen MR) is 94.4 cm³/mol. The molecule has 0 saturated carbocycles. The maximum absolute atomic E-state index is 13.0. The molecule has 2 aromatic heterocycles. The number of benzene rings is 1. The lowest BCUT2D eigenvalue weighted by Gasteiger charge is -2.04. The number of aromatic nitrogens is 2. The van der Waals surface area contributed by atoms with Crippen LogP contribution in [0.4, 0.5) is 4.39 Å². The largest absolute Gasteiger partial charge is 0.360 e. The molecule has 0 bridgehead atoms. The Morgan fingerprint density at radius 1 is 1.23 bits per heavy atom. The van der Waals surface area contributed by atoms with Crippen LogP contribution < -0.4 is 0 Å². The van der Waals surface area contributed by atoms with Gasteiger partial charge in [0.1, 0.15) is 23.2 Å². The van der Waals surface area contributed by atoms with Crippen molar-refractivity contribution < 1.29 is 13.7 Å². The summed E-state index contributed by atoms with van der Waals surface area (Å²) >= 11 is 0. The summed E-state index contributed by atoms with van der Waals surface area (Å²) in [6, 6.07) is 10.7. The fourth-order valence-corrected chi connectivity index (χ4v) is 2.81. The Kier molecular flexibility index (Phi) is 4.55. The third-order valence-electron chi connectivity index (χ3n) is 4.09. The summed E-state index contributed by atoms with van der Waals surface area (Å²) in [5, 5.41) is 13.4. The molecule has 0 N–H and O–H groups in total. The maximum atomic E-state index is 13.0. The Hall–Kier alpha value is -3.46. The van der Waals surface area contributed by atoms with Crippen LogP contribution in [0.5, 0.6) is 0 Å². The number of hydrogen-bond donors (Lipinski definition) is 0. The lowest BCUT2D eigenvalue weighted by molar-refractivity contribution is 0.104. The first-order valence-electron chi connectivity index (χ1n) is 7.95. The van der Waals surface area contributed by atoms with E-state index < -0.39 is 11.6 Å². The SMILES string of the molecule is Cc1cc(-n2c(C)cc(/C=C(\C#N)C(=O)c3ccc(F)cc3)c2C)no1. The number of carbonyl (C=O) groups is 1. The first-order chi connectivity index (χ1) is 12.4. The fraction of sp³-hybridized carbons (Fsp3) is 0.150. The van der Waals surface area contributed by atoms with Crippen molar-refractivity contribution in [2.24, 2.45) is 0 Å². The van der Waals surface area contributed by atoms with Gasteiger partial charge in [0, 0.05) is 23.0 Å². The van der Waals surface area contributed by atoms with E-state index >= 15 is 0 Å². The van der Waals surface area contributed by atoms with Gasteiger partial charge in [-0.3, -0.25) is 9.36 Å². The van der Waals surface area contributed by atoms with E-state index in [4.69, 9.17) is 4.52 Å². The minimum atomic E-state index is -0.449. The molecule has 0 spiro atoms. The lowest BCUT2D eigenvalue weighted by atomic mass is 10.0. The van der Waals surface area contributed by atoms with Crippen LogP contribution in [-0.4, -0.2) is 15.5 Å². The zero-order valence-corrected chi connectivity index (χ0v) is 14.6. The van der Waals surface area contributed by atoms with Gasteiger partial charge in [-0.15, -0.1) is 0 Å². The van der Waals surface area contributed by atoms with Gasteiger partial charge < -0.3 is 4.52 Å². The number of allylic oxidation sites excluding steroid dienone is 1. The van der Waals surface area contributed by atoms with Crippen molar-refractivity contribution in [3.8, 4) is 11.9 Å². The first kappa shape index (κ1) is 17.4. The van der Waals surface area contributed by atoms with Gasteiger partial charge in [0.05, 0.1) is 0 Å². The molecule has 0 amide bonds. The molecular formula is C20H16FN3O2. The predicted octanol–water partition coefficient (Wildman–Crippen LogP) is 4.32. The van der Waals surface area contributed by atoms with E-state index in [9.17, 15) is 14.4 Å².